The molecule has 0 saturated heterocycles. The molecule has 1 aromatic rings. The molecular formula is C13H18O4S. The summed E-state index contributed by atoms with van der Waals surface area (Å²) in [5, 5.41) is 0. The summed E-state index contributed by atoms with van der Waals surface area (Å²) in [4.78, 5) is 11.4. The van der Waals surface area contributed by atoms with Gasteiger partial charge in [0.15, 0.2) is 15.6 Å². The molecular weight excluding hydrogens is 252 g/mol. The van der Waals surface area contributed by atoms with Gasteiger partial charge in [0.25, 0.3) is 0 Å². The molecule has 0 saturated carbocycles. The highest BCUT2D eigenvalue weighted by molar-refractivity contribution is 7.91. The number of aryl methyl sites for hydroxylation is 1. The van der Waals surface area contributed by atoms with Crippen LogP contribution in [0.15, 0.2) is 18.2 Å². The van der Waals surface area contributed by atoms with Gasteiger partial charge in [-0.1, -0.05) is 18.6 Å². The van der Waals surface area contributed by atoms with Crippen molar-refractivity contribution >= 4 is 15.6 Å². The number of ether oxygens (including phenoxy) is 1. The predicted octanol–water partition coefficient (Wildman–Crippen LogP) is 2.01. The van der Waals surface area contributed by atoms with E-state index in [1.807, 2.05) is 13.0 Å². The number of benzene rings is 1. The van der Waals surface area contributed by atoms with E-state index in [9.17, 15) is 13.2 Å². The van der Waals surface area contributed by atoms with Gasteiger partial charge < -0.3 is 4.74 Å². The molecule has 100 valence electrons. The lowest BCUT2D eigenvalue weighted by Gasteiger charge is -2.10. The normalized spacial score (nSPS) is 11.3. The molecule has 0 aromatic heterocycles. The van der Waals surface area contributed by atoms with Crippen LogP contribution < -0.4 is 4.74 Å². The Hall–Kier alpha value is -1.36. The summed E-state index contributed by atoms with van der Waals surface area (Å²) < 4.78 is 28.0. The summed E-state index contributed by atoms with van der Waals surface area (Å²) in [6.45, 7) is 5.02. The molecule has 0 atom stereocenters. The van der Waals surface area contributed by atoms with Crippen LogP contribution in [0, 0.1) is 6.92 Å². The Morgan fingerprint density at radius 2 is 2.00 bits per heavy atom. The van der Waals surface area contributed by atoms with Crippen LogP contribution in [0.3, 0.4) is 0 Å². The van der Waals surface area contributed by atoms with E-state index in [4.69, 9.17) is 4.74 Å². The van der Waals surface area contributed by atoms with Gasteiger partial charge in [-0.25, -0.2) is 8.42 Å². The van der Waals surface area contributed by atoms with Gasteiger partial charge in [-0.2, -0.15) is 0 Å². The first-order valence-electron chi connectivity index (χ1n) is 5.80. The summed E-state index contributed by atoms with van der Waals surface area (Å²) in [6, 6.07) is 5.27. The number of rotatable bonds is 6. The fraction of sp³-hybridized carbons (Fsp3) is 0.462. The van der Waals surface area contributed by atoms with Crippen LogP contribution in [0.5, 0.6) is 5.75 Å². The number of sulfone groups is 1. The minimum atomic E-state index is -3.04. The average Bonchev–Trinajstić information content (AvgIpc) is 2.30. The van der Waals surface area contributed by atoms with Crippen LogP contribution in [0.1, 0.15) is 29.8 Å². The highest BCUT2D eigenvalue weighted by Crippen LogP contribution is 2.20. The summed E-state index contributed by atoms with van der Waals surface area (Å²) in [6.07, 6.45) is 0. The second-order valence-corrected chi connectivity index (χ2v) is 6.61. The van der Waals surface area contributed by atoms with Crippen molar-refractivity contribution < 1.29 is 17.9 Å². The number of hydrogen-bond donors (Lipinski definition) is 0. The maximum atomic E-state index is 11.4. The maximum Gasteiger partial charge on any atom is 0.163 e. The zero-order valence-electron chi connectivity index (χ0n) is 10.9. The van der Waals surface area contributed by atoms with E-state index in [0.29, 0.717) is 11.3 Å². The fourth-order valence-corrected chi connectivity index (χ4v) is 2.09. The smallest absolute Gasteiger partial charge is 0.163 e. The molecule has 0 aliphatic heterocycles. The van der Waals surface area contributed by atoms with Crippen molar-refractivity contribution in [3.63, 3.8) is 0 Å². The van der Waals surface area contributed by atoms with Gasteiger partial charge in [0.1, 0.15) is 12.4 Å². The standard InChI is InChI=1S/C13H18O4S/c1-4-18(15,16)8-7-17-13-6-5-10(2)9-12(13)11(3)14/h5-6,9H,4,7-8H2,1-3H3. The summed E-state index contributed by atoms with van der Waals surface area (Å²) in [7, 11) is -3.04. The summed E-state index contributed by atoms with van der Waals surface area (Å²) in [5.74, 6) is 0.421. The minimum absolute atomic E-state index is 0.0330. The molecule has 0 aliphatic carbocycles. The molecule has 0 amide bonds. The third kappa shape index (κ3) is 4.14. The molecule has 18 heavy (non-hydrogen) atoms. The van der Waals surface area contributed by atoms with Gasteiger partial charge in [-0.15, -0.1) is 0 Å². The SMILES string of the molecule is CCS(=O)(=O)CCOc1ccc(C)cc1C(C)=O. The molecule has 0 fully saturated rings. The van der Waals surface area contributed by atoms with Crippen LogP contribution in [0.4, 0.5) is 0 Å². The molecule has 1 rings (SSSR count). The van der Waals surface area contributed by atoms with Gasteiger partial charge in [-0.3, -0.25) is 4.79 Å². The van der Waals surface area contributed by atoms with Crippen LogP contribution in [-0.2, 0) is 9.84 Å². The fourth-order valence-electron chi connectivity index (χ4n) is 1.47. The molecule has 0 bridgehead atoms. The first kappa shape index (κ1) is 14.7. The lowest BCUT2D eigenvalue weighted by molar-refractivity contribution is 0.101. The number of carbonyl (C=O) groups excluding carboxylic acids is 1. The molecule has 0 radical (unpaired) electrons. The van der Waals surface area contributed by atoms with E-state index in [2.05, 4.69) is 0 Å². The third-order valence-electron chi connectivity index (χ3n) is 2.61. The van der Waals surface area contributed by atoms with E-state index in [1.54, 1.807) is 19.1 Å². The highest BCUT2D eigenvalue weighted by Gasteiger charge is 2.11. The predicted molar refractivity (Wildman–Crippen MR) is 71.0 cm³/mol. The van der Waals surface area contributed by atoms with Crippen LogP contribution in [0.25, 0.3) is 0 Å². The number of ketones is 1. The van der Waals surface area contributed by atoms with Gasteiger partial charge in [-0.05, 0) is 26.0 Å². The Bertz CT molecular complexity index is 532. The monoisotopic (exact) mass is 270 g/mol. The average molecular weight is 270 g/mol. The third-order valence-corrected chi connectivity index (χ3v) is 4.27. The number of hydrogen-bond acceptors (Lipinski definition) is 4. The van der Waals surface area contributed by atoms with Crippen LogP contribution >= 0.6 is 0 Å². The van der Waals surface area contributed by atoms with Crippen molar-refractivity contribution in [3.05, 3.63) is 29.3 Å². The molecule has 4 nitrogen and oxygen atoms in total. The van der Waals surface area contributed by atoms with Gasteiger partial charge >= 0.3 is 0 Å². The lowest BCUT2D eigenvalue weighted by atomic mass is 10.1. The molecule has 0 N–H and O–H groups in total. The Morgan fingerprint density at radius 1 is 1.33 bits per heavy atom. The van der Waals surface area contributed by atoms with Crippen LogP contribution in [0.2, 0.25) is 0 Å². The zero-order chi connectivity index (χ0) is 13.8. The zero-order valence-corrected chi connectivity index (χ0v) is 11.7. The minimum Gasteiger partial charge on any atom is -0.492 e. The van der Waals surface area contributed by atoms with Crippen molar-refractivity contribution in [1.29, 1.82) is 0 Å². The largest absolute Gasteiger partial charge is 0.492 e. The first-order chi connectivity index (χ1) is 8.35. The molecule has 0 aliphatic rings. The Labute approximate surface area is 108 Å². The van der Waals surface area contributed by atoms with Crippen molar-refractivity contribution in [1.82, 2.24) is 0 Å². The maximum absolute atomic E-state index is 11.4. The van der Waals surface area contributed by atoms with Crippen molar-refractivity contribution in [2.45, 2.75) is 20.8 Å². The summed E-state index contributed by atoms with van der Waals surface area (Å²) in [5.41, 5.74) is 1.46. The van der Waals surface area contributed by atoms with Gasteiger partial charge in [0.05, 0.1) is 11.3 Å². The molecule has 0 unspecified atom stereocenters. The molecule has 0 spiro atoms. The van der Waals surface area contributed by atoms with E-state index in [1.165, 1.54) is 6.92 Å². The number of Topliss-reactive ketones (excluding diaryl/α,β-unsaturated/α-hetero) is 1. The number of carbonyl (C=O) groups is 1. The van der Waals surface area contributed by atoms with E-state index in [0.717, 1.165) is 5.56 Å². The Morgan fingerprint density at radius 3 is 2.56 bits per heavy atom. The molecule has 0 heterocycles. The van der Waals surface area contributed by atoms with Gasteiger partial charge in [0.2, 0.25) is 0 Å². The highest BCUT2D eigenvalue weighted by atomic mass is 32.2. The molecule has 5 heteroatoms. The van der Waals surface area contributed by atoms with Gasteiger partial charge in [0, 0.05) is 5.75 Å². The van der Waals surface area contributed by atoms with Crippen molar-refractivity contribution in [3.8, 4) is 5.75 Å². The Kier molecular flexibility index (Phi) is 4.90. The van der Waals surface area contributed by atoms with E-state index in [-0.39, 0.29) is 23.9 Å². The van der Waals surface area contributed by atoms with E-state index < -0.39 is 9.84 Å². The van der Waals surface area contributed by atoms with Crippen molar-refractivity contribution in [2.24, 2.45) is 0 Å². The summed E-state index contributed by atoms with van der Waals surface area (Å²) >= 11 is 0. The quantitative estimate of drug-likeness (QED) is 0.742. The second kappa shape index (κ2) is 6.00. The topological polar surface area (TPSA) is 60.4 Å². The van der Waals surface area contributed by atoms with Crippen LogP contribution in [-0.4, -0.2) is 32.3 Å². The first-order valence-corrected chi connectivity index (χ1v) is 7.62. The molecule has 1 aromatic carbocycles. The van der Waals surface area contributed by atoms with Crippen molar-refractivity contribution in [2.75, 3.05) is 18.1 Å². The lowest BCUT2D eigenvalue weighted by Crippen LogP contribution is -2.16. The second-order valence-electron chi connectivity index (χ2n) is 4.14. The van der Waals surface area contributed by atoms with E-state index >= 15 is 0 Å². The Balaban J connectivity index is 2.77.